The highest BCUT2D eigenvalue weighted by molar-refractivity contribution is 5.82. The monoisotopic (exact) mass is 227 g/mol. The molecule has 6 heteroatoms. The average Bonchev–Trinajstić information content (AvgIpc) is 2.29. The average molecular weight is 227 g/mol. The van der Waals surface area contributed by atoms with Crippen molar-refractivity contribution < 1.29 is 14.7 Å². The molecule has 90 valence electrons. The second-order valence-electron chi connectivity index (χ2n) is 3.60. The van der Waals surface area contributed by atoms with Crippen molar-refractivity contribution in [1.82, 2.24) is 15.5 Å². The fourth-order valence-corrected chi connectivity index (χ4v) is 1.50. The third kappa shape index (κ3) is 3.54. The number of carbonyl (C=O) groups excluding carboxylic acids is 1. The van der Waals surface area contributed by atoms with Crippen molar-refractivity contribution in [1.29, 1.82) is 0 Å². The van der Waals surface area contributed by atoms with E-state index < -0.39 is 12.0 Å². The van der Waals surface area contributed by atoms with Crippen LogP contribution < -0.4 is 10.6 Å². The van der Waals surface area contributed by atoms with E-state index in [1.54, 1.807) is 4.90 Å². The largest absolute Gasteiger partial charge is 0.480 e. The van der Waals surface area contributed by atoms with Crippen LogP contribution >= 0.6 is 0 Å². The Morgan fingerprint density at radius 3 is 2.62 bits per heavy atom. The van der Waals surface area contributed by atoms with Crippen molar-refractivity contribution in [3.05, 3.63) is 12.7 Å². The van der Waals surface area contributed by atoms with Crippen LogP contribution in [0.5, 0.6) is 0 Å². The molecule has 6 nitrogen and oxygen atoms in total. The van der Waals surface area contributed by atoms with Gasteiger partial charge in [-0.15, -0.1) is 6.58 Å². The van der Waals surface area contributed by atoms with Gasteiger partial charge >= 0.3 is 12.0 Å². The lowest BCUT2D eigenvalue weighted by atomic mass is 10.2. The summed E-state index contributed by atoms with van der Waals surface area (Å²) in [5, 5.41) is 14.5. The van der Waals surface area contributed by atoms with E-state index in [0.717, 1.165) is 13.1 Å². The number of amides is 2. The molecule has 0 spiro atoms. The van der Waals surface area contributed by atoms with Gasteiger partial charge < -0.3 is 20.6 Å². The van der Waals surface area contributed by atoms with Gasteiger partial charge in [0.2, 0.25) is 0 Å². The summed E-state index contributed by atoms with van der Waals surface area (Å²) in [5.41, 5.74) is 0. The Hall–Kier alpha value is -1.56. The van der Waals surface area contributed by atoms with E-state index in [1.165, 1.54) is 6.08 Å². The van der Waals surface area contributed by atoms with Crippen molar-refractivity contribution >= 4 is 12.0 Å². The summed E-state index contributed by atoms with van der Waals surface area (Å²) >= 11 is 0. The van der Waals surface area contributed by atoms with Crippen LogP contribution in [0.2, 0.25) is 0 Å². The number of carboxylic acid groups (broad SMARTS) is 1. The van der Waals surface area contributed by atoms with Crippen LogP contribution in [0, 0.1) is 0 Å². The molecule has 16 heavy (non-hydrogen) atoms. The molecule has 0 saturated carbocycles. The van der Waals surface area contributed by atoms with E-state index in [1.807, 2.05) is 0 Å². The number of hydrogen-bond donors (Lipinski definition) is 3. The standard InChI is InChI=1S/C10H17N3O3/c1-2-3-8(9(14)15)12-10(16)13-6-4-11-5-7-13/h2,8,11H,1,3-7H2,(H,12,16)(H,14,15). The van der Waals surface area contributed by atoms with E-state index in [-0.39, 0.29) is 12.5 Å². The van der Waals surface area contributed by atoms with Crippen molar-refractivity contribution in [2.45, 2.75) is 12.5 Å². The number of nitrogens with zero attached hydrogens (tertiary/aromatic N) is 1. The molecule has 1 atom stereocenters. The fourth-order valence-electron chi connectivity index (χ4n) is 1.50. The van der Waals surface area contributed by atoms with Gasteiger partial charge in [0.1, 0.15) is 6.04 Å². The predicted molar refractivity (Wildman–Crippen MR) is 59.2 cm³/mol. The maximum Gasteiger partial charge on any atom is 0.326 e. The first kappa shape index (κ1) is 12.5. The van der Waals surface area contributed by atoms with Crippen LogP contribution in [0.1, 0.15) is 6.42 Å². The quantitative estimate of drug-likeness (QED) is 0.572. The number of nitrogens with one attached hydrogen (secondary N) is 2. The van der Waals surface area contributed by atoms with Gasteiger partial charge in [0, 0.05) is 26.2 Å². The fraction of sp³-hybridized carbons (Fsp3) is 0.600. The maximum atomic E-state index is 11.7. The molecule has 2 amide bonds. The van der Waals surface area contributed by atoms with Crippen molar-refractivity contribution in [2.75, 3.05) is 26.2 Å². The Balaban J connectivity index is 2.46. The van der Waals surface area contributed by atoms with Crippen LogP contribution in [0.25, 0.3) is 0 Å². The summed E-state index contributed by atoms with van der Waals surface area (Å²) in [6, 6.07) is -1.21. The number of aliphatic carboxylic acids is 1. The zero-order valence-electron chi connectivity index (χ0n) is 9.11. The predicted octanol–water partition coefficient (Wildman–Crippen LogP) is -0.369. The summed E-state index contributed by atoms with van der Waals surface area (Å²) < 4.78 is 0. The molecule has 1 unspecified atom stereocenters. The van der Waals surface area contributed by atoms with Crippen LogP contribution in [0.4, 0.5) is 4.79 Å². The summed E-state index contributed by atoms with van der Waals surface area (Å²) in [5.74, 6) is -1.04. The molecule has 0 aromatic rings. The summed E-state index contributed by atoms with van der Waals surface area (Å²) in [7, 11) is 0. The summed E-state index contributed by atoms with van der Waals surface area (Å²) in [4.78, 5) is 24.1. The molecule has 1 aliphatic heterocycles. The number of carboxylic acids is 1. The van der Waals surface area contributed by atoms with E-state index in [0.29, 0.717) is 13.1 Å². The Morgan fingerprint density at radius 2 is 2.12 bits per heavy atom. The lowest BCUT2D eigenvalue weighted by Crippen LogP contribution is -2.53. The summed E-state index contributed by atoms with van der Waals surface area (Å²) in [6.07, 6.45) is 1.71. The van der Waals surface area contributed by atoms with Crippen LogP contribution in [0.15, 0.2) is 12.7 Å². The third-order valence-corrected chi connectivity index (χ3v) is 2.40. The van der Waals surface area contributed by atoms with Gasteiger partial charge in [0.15, 0.2) is 0 Å². The molecule has 3 N–H and O–H groups in total. The lowest BCUT2D eigenvalue weighted by Gasteiger charge is -2.28. The van der Waals surface area contributed by atoms with Gasteiger partial charge in [-0.05, 0) is 6.42 Å². The van der Waals surface area contributed by atoms with Crippen LogP contribution in [0.3, 0.4) is 0 Å². The van der Waals surface area contributed by atoms with E-state index in [2.05, 4.69) is 17.2 Å². The number of rotatable bonds is 4. The maximum absolute atomic E-state index is 11.7. The molecular weight excluding hydrogens is 210 g/mol. The highest BCUT2D eigenvalue weighted by Gasteiger charge is 2.22. The molecule has 1 fully saturated rings. The Morgan fingerprint density at radius 1 is 1.50 bits per heavy atom. The van der Waals surface area contributed by atoms with Crippen LogP contribution in [-0.2, 0) is 4.79 Å². The van der Waals surface area contributed by atoms with E-state index >= 15 is 0 Å². The zero-order chi connectivity index (χ0) is 12.0. The molecule has 0 aromatic heterocycles. The first-order chi connectivity index (χ1) is 7.65. The topological polar surface area (TPSA) is 81.7 Å². The van der Waals surface area contributed by atoms with Gasteiger partial charge in [0.25, 0.3) is 0 Å². The van der Waals surface area contributed by atoms with E-state index in [9.17, 15) is 9.59 Å². The van der Waals surface area contributed by atoms with Crippen molar-refractivity contribution in [3.63, 3.8) is 0 Å². The van der Waals surface area contributed by atoms with Crippen molar-refractivity contribution in [2.24, 2.45) is 0 Å². The van der Waals surface area contributed by atoms with Gasteiger partial charge in [-0.1, -0.05) is 6.08 Å². The molecular formula is C10H17N3O3. The normalized spacial score (nSPS) is 17.6. The number of urea groups is 1. The minimum atomic E-state index is -1.04. The molecule has 0 aromatic carbocycles. The SMILES string of the molecule is C=CCC(NC(=O)N1CCNCC1)C(=O)O. The number of hydrogen-bond acceptors (Lipinski definition) is 3. The van der Waals surface area contributed by atoms with Crippen LogP contribution in [-0.4, -0.2) is 54.2 Å². The lowest BCUT2D eigenvalue weighted by molar-refractivity contribution is -0.139. The molecule has 0 bridgehead atoms. The Kier molecular flexibility index (Phi) is 4.78. The van der Waals surface area contributed by atoms with Gasteiger partial charge in [-0.3, -0.25) is 0 Å². The minimum absolute atomic E-state index is 0.229. The molecule has 1 heterocycles. The third-order valence-electron chi connectivity index (χ3n) is 2.40. The molecule has 1 saturated heterocycles. The van der Waals surface area contributed by atoms with Gasteiger partial charge in [-0.2, -0.15) is 0 Å². The minimum Gasteiger partial charge on any atom is -0.480 e. The molecule has 1 rings (SSSR count). The number of carbonyl (C=O) groups is 2. The smallest absolute Gasteiger partial charge is 0.326 e. The van der Waals surface area contributed by atoms with E-state index in [4.69, 9.17) is 5.11 Å². The molecule has 0 radical (unpaired) electrons. The second-order valence-corrected chi connectivity index (χ2v) is 3.60. The first-order valence-corrected chi connectivity index (χ1v) is 5.25. The highest BCUT2D eigenvalue weighted by Crippen LogP contribution is 1.98. The Labute approximate surface area is 94.3 Å². The number of piperazine rings is 1. The molecule has 0 aliphatic carbocycles. The van der Waals surface area contributed by atoms with Gasteiger partial charge in [0.05, 0.1) is 0 Å². The zero-order valence-corrected chi connectivity index (χ0v) is 9.11. The first-order valence-electron chi connectivity index (χ1n) is 5.25. The Bertz CT molecular complexity index is 274. The van der Waals surface area contributed by atoms with Gasteiger partial charge in [-0.25, -0.2) is 9.59 Å². The summed E-state index contributed by atoms with van der Waals surface area (Å²) in [6.45, 7) is 6.16. The van der Waals surface area contributed by atoms with Crippen molar-refractivity contribution in [3.8, 4) is 0 Å². The highest BCUT2D eigenvalue weighted by atomic mass is 16.4. The second kappa shape index (κ2) is 6.12. The molecule has 1 aliphatic rings.